The third-order valence-corrected chi connectivity index (χ3v) is 15.2. The number of esters is 1. The van der Waals surface area contributed by atoms with E-state index in [2.05, 4.69) is 48.5 Å². The Labute approximate surface area is 294 Å². The van der Waals surface area contributed by atoms with E-state index in [0.717, 1.165) is 67.1 Å². The molecule has 0 heterocycles. The summed E-state index contributed by atoms with van der Waals surface area (Å²) in [5.41, 5.74) is 1.04. The van der Waals surface area contributed by atoms with E-state index in [0.29, 0.717) is 10.8 Å². The monoisotopic (exact) mass is 655 g/mol. The van der Waals surface area contributed by atoms with Crippen LogP contribution in [0.5, 0.6) is 0 Å². The molecular formula is C45H82O2. The average Bonchev–Trinajstić information content (AvgIpc) is 3.40. The fraction of sp³-hybridized carbons (Fsp3) is 0.978. The summed E-state index contributed by atoms with van der Waals surface area (Å²) in [7, 11) is 0. The number of unbranched alkanes of at least 4 members (excludes halogenated alkanes) is 10. The van der Waals surface area contributed by atoms with Gasteiger partial charge in [-0.15, -0.1) is 0 Å². The first-order valence-electron chi connectivity index (χ1n) is 21.8. The Hall–Kier alpha value is -0.530. The first-order valence-corrected chi connectivity index (χ1v) is 21.8. The van der Waals surface area contributed by atoms with E-state index in [1.54, 1.807) is 0 Å². The molecule has 4 aliphatic carbocycles. The van der Waals surface area contributed by atoms with Crippen LogP contribution in [0.15, 0.2) is 0 Å². The van der Waals surface area contributed by atoms with Crippen molar-refractivity contribution in [1.29, 1.82) is 0 Å². The molecule has 4 rings (SSSR count). The fourth-order valence-corrected chi connectivity index (χ4v) is 12.3. The van der Waals surface area contributed by atoms with Gasteiger partial charge < -0.3 is 4.74 Å². The Morgan fingerprint density at radius 2 is 1.23 bits per heavy atom. The summed E-state index contributed by atoms with van der Waals surface area (Å²) in [6.45, 7) is 17.4. The van der Waals surface area contributed by atoms with E-state index in [4.69, 9.17) is 4.74 Å². The Morgan fingerprint density at radius 1 is 0.638 bits per heavy atom. The van der Waals surface area contributed by atoms with Crippen LogP contribution in [0.4, 0.5) is 0 Å². The van der Waals surface area contributed by atoms with Crippen LogP contribution < -0.4 is 0 Å². The lowest BCUT2D eigenvalue weighted by molar-refractivity contribution is -0.167. The smallest absolute Gasteiger partial charge is 0.309 e. The van der Waals surface area contributed by atoms with Crippen molar-refractivity contribution in [1.82, 2.24) is 0 Å². The van der Waals surface area contributed by atoms with Gasteiger partial charge in [-0.1, -0.05) is 145 Å². The van der Waals surface area contributed by atoms with Crippen molar-refractivity contribution in [3.63, 3.8) is 0 Å². The van der Waals surface area contributed by atoms with E-state index in [-0.39, 0.29) is 18.0 Å². The molecule has 0 N–H and O–H groups in total. The molecule has 2 nitrogen and oxygen atoms in total. The van der Waals surface area contributed by atoms with Gasteiger partial charge in [0.2, 0.25) is 0 Å². The summed E-state index contributed by atoms with van der Waals surface area (Å²) in [6, 6.07) is 0. The molecular weight excluding hydrogens is 572 g/mol. The SMILES string of the molecule is CCCCCCCCC(CCCCCCCC)C(=O)OC1CC[C@@]2(C)C(CC[C@H]3[C@@H]4CC[C@H]([C@H](C)CCCC(C)C)[C@@]4(C)CC[C@@H]32)C1. The highest BCUT2D eigenvalue weighted by molar-refractivity contribution is 5.72. The Bertz CT molecular complexity index is 878. The van der Waals surface area contributed by atoms with Gasteiger partial charge in [-0.2, -0.15) is 0 Å². The topological polar surface area (TPSA) is 26.3 Å². The molecule has 4 fully saturated rings. The molecule has 4 saturated carbocycles. The van der Waals surface area contributed by atoms with E-state index in [9.17, 15) is 4.79 Å². The van der Waals surface area contributed by atoms with Gasteiger partial charge in [-0.05, 0) is 123 Å². The number of rotatable bonds is 21. The zero-order valence-corrected chi connectivity index (χ0v) is 32.9. The minimum atomic E-state index is 0.135. The maximum absolute atomic E-state index is 13.7. The molecule has 0 aromatic heterocycles. The predicted molar refractivity (Wildman–Crippen MR) is 202 cm³/mol. The highest BCUT2D eigenvalue weighted by atomic mass is 16.5. The normalized spacial score (nSPS) is 34.2. The Balaban J connectivity index is 1.29. The van der Waals surface area contributed by atoms with E-state index in [1.165, 1.54) is 141 Å². The second-order valence-corrected chi connectivity index (χ2v) is 18.8. The summed E-state index contributed by atoms with van der Waals surface area (Å²) in [5.74, 6) is 6.54. The van der Waals surface area contributed by atoms with Gasteiger partial charge >= 0.3 is 5.97 Å². The molecule has 0 aromatic rings. The van der Waals surface area contributed by atoms with Crippen molar-refractivity contribution in [3.8, 4) is 0 Å². The average molecular weight is 655 g/mol. The van der Waals surface area contributed by atoms with Gasteiger partial charge in [0.15, 0.2) is 0 Å². The lowest BCUT2D eigenvalue weighted by atomic mass is 9.44. The van der Waals surface area contributed by atoms with Crippen molar-refractivity contribution in [2.24, 2.45) is 58.2 Å². The van der Waals surface area contributed by atoms with Crippen LogP contribution in [-0.4, -0.2) is 12.1 Å². The van der Waals surface area contributed by atoms with Gasteiger partial charge in [0.25, 0.3) is 0 Å². The van der Waals surface area contributed by atoms with Crippen LogP contribution in [0.3, 0.4) is 0 Å². The lowest BCUT2D eigenvalue weighted by Crippen LogP contribution is -2.54. The quantitative estimate of drug-likeness (QED) is 0.0909. The highest BCUT2D eigenvalue weighted by Gasteiger charge is 2.60. The molecule has 0 saturated heterocycles. The zero-order chi connectivity index (χ0) is 33.9. The molecule has 2 heteroatoms. The molecule has 0 aromatic carbocycles. The van der Waals surface area contributed by atoms with Crippen LogP contribution in [-0.2, 0) is 9.53 Å². The number of fused-ring (bicyclic) bond motifs is 5. The number of hydrogen-bond acceptors (Lipinski definition) is 2. The number of carbonyl (C=O) groups excluding carboxylic acids is 1. The number of ether oxygens (including phenoxy) is 1. The van der Waals surface area contributed by atoms with Gasteiger partial charge in [0, 0.05) is 0 Å². The summed E-state index contributed by atoms with van der Waals surface area (Å²) in [6.07, 6.45) is 34.5. The Kier molecular flexibility index (Phi) is 16.0. The molecule has 0 bridgehead atoms. The molecule has 0 amide bonds. The van der Waals surface area contributed by atoms with Crippen molar-refractivity contribution >= 4 is 5.97 Å². The standard InChI is InChI=1S/C45H82O2/c1-8-10-12-14-16-18-23-36(24-19-17-15-13-11-9-2)43(46)47-38-29-31-44(6)37(33-38)25-26-39-41-28-27-40(35(5)22-20-21-34(3)4)45(41,7)32-30-42(39)44/h34-42H,8-33H2,1-7H3/t35-,37?,38?,39+,40-,41+,42+,44+,45-/m1/s1. The number of carbonyl (C=O) groups is 1. The first-order chi connectivity index (χ1) is 22.6. The molecule has 0 spiro atoms. The van der Waals surface area contributed by atoms with Crippen LogP contribution in [0.2, 0.25) is 0 Å². The van der Waals surface area contributed by atoms with Crippen molar-refractivity contribution in [2.45, 2.75) is 222 Å². The summed E-state index contributed by atoms with van der Waals surface area (Å²) in [5, 5.41) is 0. The van der Waals surface area contributed by atoms with Crippen molar-refractivity contribution < 1.29 is 9.53 Å². The Morgan fingerprint density at radius 3 is 1.87 bits per heavy atom. The third-order valence-electron chi connectivity index (χ3n) is 15.2. The van der Waals surface area contributed by atoms with Crippen LogP contribution in [0.25, 0.3) is 0 Å². The van der Waals surface area contributed by atoms with Gasteiger partial charge in [-0.3, -0.25) is 4.79 Å². The molecule has 4 aliphatic rings. The van der Waals surface area contributed by atoms with Crippen LogP contribution >= 0.6 is 0 Å². The van der Waals surface area contributed by atoms with Crippen molar-refractivity contribution in [3.05, 3.63) is 0 Å². The zero-order valence-electron chi connectivity index (χ0n) is 32.9. The van der Waals surface area contributed by atoms with Crippen molar-refractivity contribution in [2.75, 3.05) is 0 Å². The molecule has 9 atom stereocenters. The maximum Gasteiger partial charge on any atom is 0.309 e. The second kappa shape index (κ2) is 19.2. The third kappa shape index (κ3) is 10.3. The van der Waals surface area contributed by atoms with Gasteiger partial charge in [0.05, 0.1) is 5.92 Å². The minimum Gasteiger partial charge on any atom is -0.462 e. The lowest BCUT2D eigenvalue weighted by Gasteiger charge is -2.61. The largest absolute Gasteiger partial charge is 0.462 e. The summed E-state index contributed by atoms with van der Waals surface area (Å²) >= 11 is 0. The van der Waals surface area contributed by atoms with Crippen LogP contribution in [0, 0.1) is 58.2 Å². The molecule has 0 aliphatic heterocycles. The predicted octanol–water partition coefficient (Wildman–Crippen LogP) is 14.1. The maximum atomic E-state index is 13.7. The van der Waals surface area contributed by atoms with Gasteiger partial charge in [-0.25, -0.2) is 0 Å². The summed E-state index contributed by atoms with van der Waals surface area (Å²) in [4.78, 5) is 13.7. The first kappa shape index (κ1) is 39.3. The van der Waals surface area contributed by atoms with Crippen LogP contribution in [0.1, 0.15) is 215 Å². The van der Waals surface area contributed by atoms with Gasteiger partial charge in [0.1, 0.15) is 6.10 Å². The number of hydrogen-bond donors (Lipinski definition) is 0. The second-order valence-electron chi connectivity index (χ2n) is 18.8. The molecule has 274 valence electrons. The molecule has 47 heavy (non-hydrogen) atoms. The van der Waals surface area contributed by atoms with E-state index >= 15 is 0 Å². The minimum absolute atomic E-state index is 0.135. The molecule has 0 radical (unpaired) electrons. The summed E-state index contributed by atoms with van der Waals surface area (Å²) < 4.78 is 6.51. The molecule has 2 unspecified atom stereocenters. The van der Waals surface area contributed by atoms with E-state index in [1.807, 2.05) is 0 Å². The highest BCUT2D eigenvalue weighted by Crippen LogP contribution is 2.68. The van der Waals surface area contributed by atoms with E-state index < -0.39 is 0 Å². The fourth-order valence-electron chi connectivity index (χ4n) is 12.3.